The second-order valence-corrected chi connectivity index (χ2v) is 6.67. The number of anilines is 1. The van der Waals surface area contributed by atoms with Crippen LogP contribution in [0.5, 0.6) is 0 Å². The maximum Gasteiger partial charge on any atom is 0.139 e. The SMILES string of the molecule is Cc1cc(C)n2c(NC3CCCCC3)c(-c3ccoc3)nc2c1. The predicted molar refractivity (Wildman–Crippen MR) is 92.9 cm³/mol. The fraction of sp³-hybridized carbons (Fsp3) is 0.421. The number of nitrogens with zero attached hydrogens (tertiary/aromatic N) is 2. The van der Waals surface area contributed by atoms with Gasteiger partial charge >= 0.3 is 0 Å². The second kappa shape index (κ2) is 5.76. The highest BCUT2D eigenvalue weighted by Gasteiger charge is 2.21. The minimum absolute atomic E-state index is 0.537. The van der Waals surface area contributed by atoms with E-state index in [2.05, 4.69) is 35.7 Å². The molecule has 0 saturated heterocycles. The van der Waals surface area contributed by atoms with E-state index >= 15 is 0 Å². The predicted octanol–water partition coefficient (Wildman–Crippen LogP) is 4.96. The quantitative estimate of drug-likeness (QED) is 0.744. The zero-order valence-corrected chi connectivity index (χ0v) is 13.8. The number of aromatic nitrogens is 2. The molecule has 0 spiro atoms. The molecule has 0 aromatic carbocycles. The fourth-order valence-corrected chi connectivity index (χ4v) is 3.70. The Morgan fingerprint density at radius 1 is 1.17 bits per heavy atom. The number of hydrogen-bond acceptors (Lipinski definition) is 3. The molecule has 4 heteroatoms. The lowest BCUT2D eigenvalue weighted by molar-refractivity contribution is 0.461. The first-order valence-electron chi connectivity index (χ1n) is 8.51. The third kappa shape index (κ3) is 2.62. The molecule has 1 saturated carbocycles. The summed E-state index contributed by atoms with van der Waals surface area (Å²) in [5.41, 5.74) is 5.46. The average Bonchev–Trinajstić information content (AvgIpc) is 3.16. The molecule has 0 bridgehead atoms. The molecule has 4 nitrogen and oxygen atoms in total. The minimum atomic E-state index is 0.537. The summed E-state index contributed by atoms with van der Waals surface area (Å²) >= 11 is 0. The summed E-state index contributed by atoms with van der Waals surface area (Å²) in [5.74, 6) is 1.10. The molecular formula is C19H23N3O. The van der Waals surface area contributed by atoms with Crippen molar-refractivity contribution in [1.29, 1.82) is 0 Å². The average molecular weight is 309 g/mol. The molecule has 3 heterocycles. The van der Waals surface area contributed by atoms with Gasteiger partial charge in [0.25, 0.3) is 0 Å². The Kier molecular flexibility index (Phi) is 3.60. The zero-order chi connectivity index (χ0) is 15.8. The first-order chi connectivity index (χ1) is 11.2. The van der Waals surface area contributed by atoms with Crippen LogP contribution in [0.15, 0.2) is 35.1 Å². The van der Waals surface area contributed by atoms with E-state index in [1.54, 1.807) is 12.5 Å². The Balaban J connectivity index is 1.85. The van der Waals surface area contributed by atoms with Crippen molar-refractivity contribution in [3.63, 3.8) is 0 Å². The number of aryl methyl sites for hydroxylation is 2. The van der Waals surface area contributed by atoms with Crippen LogP contribution in [-0.2, 0) is 0 Å². The number of pyridine rings is 1. The maximum absolute atomic E-state index is 5.29. The molecule has 0 atom stereocenters. The lowest BCUT2D eigenvalue weighted by Gasteiger charge is -2.24. The van der Waals surface area contributed by atoms with E-state index in [1.807, 2.05) is 6.07 Å². The summed E-state index contributed by atoms with van der Waals surface area (Å²) in [6.07, 6.45) is 9.95. The number of fused-ring (bicyclic) bond motifs is 1. The molecular weight excluding hydrogens is 286 g/mol. The first kappa shape index (κ1) is 14.4. The van der Waals surface area contributed by atoms with Crippen LogP contribution in [0.25, 0.3) is 16.9 Å². The van der Waals surface area contributed by atoms with Crippen molar-refractivity contribution in [3.8, 4) is 11.3 Å². The standard InChI is InChI=1S/C19H23N3O/c1-13-10-14(2)22-17(11-13)21-18(15-8-9-23-12-15)19(22)20-16-6-4-3-5-7-16/h8-12,16,20H,3-7H2,1-2H3. The van der Waals surface area contributed by atoms with Crippen LogP contribution in [0, 0.1) is 13.8 Å². The molecule has 3 aromatic rings. The van der Waals surface area contributed by atoms with Crippen LogP contribution in [0.1, 0.15) is 43.4 Å². The first-order valence-corrected chi connectivity index (χ1v) is 8.51. The Hall–Kier alpha value is -2.23. The molecule has 120 valence electrons. The molecule has 0 unspecified atom stereocenters. The van der Waals surface area contributed by atoms with Crippen LogP contribution in [0.2, 0.25) is 0 Å². The van der Waals surface area contributed by atoms with E-state index < -0.39 is 0 Å². The Labute approximate surface area is 136 Å². The van der Waals surface area contributed by atoms with E-state index in [1.165, 1.54) is 43.4 Å². The Bertz CT molecular complexity index is 811. The van der Waals surface area contributed by atoms with Crippen molar-refractivity contribution in [2.24, 2.45) is 0 Å². The summed E-state index contributed by atoms with van der Waals surface area (Å²) < 4.78 is 7.53. The molecule has 3 aromatic heterocycles. The van der Waals surface area contributed by atoms with Gasteiger partial charge in [0.1, 0.15) is 17.2 Å². The summed E-state index contributed by atoms with van der Waals surface area (Å²) in [6.45, 7) is 4.26. The third-order valence-corrected chi connectivity index (χ3v) is 4.79. The van der Waals surface area contributed by atoms with Crippen LogP contribution in [0.3, 0.4) is 0 Å². The highest BCUT2D eigenvalue weighted by molar-refractivity contribution is 5.76. The minimum Gasteiger partial charge on any atom is -0.472 e. The lowest BCUT2D eigenvalue weighted by atomic mass is 9.95. The number of rotatable bonds is 3. The monoisotopic (exact) mass is 309 g/mol. The second-order valence-electron chi connectivity index (χ2n) is 6.67. The highest BCUT2D eigenvalue weighted by Crippen LogP contribution is 2.32. The number of hydrogen-bond donors (Lipinski definition) is 1. The van der Waals surface area contributed by atoms with Crippen LogP contribution >= 0.6 is 0 Å². The number of nitrogens with one attached hydrogen (secondary N) is 1. The molecule has 0 amide bonds. The number of imidazole rings is 1. The highest BCUT2D eigenvalue weighted by atomic mass is 16.3. The molecule has 1 fully saturated rings. The van der Waals surface area contributed by atoms with E-state index in [4.69, 9.17) is 9.40 Å². The molecule has 1 N–H and O–H groups in total. The van der Waals surface area contributed by atoms with E-state index in [0.29, 0.717) is 6.04 Å². The van der Waals surface area contributed by atoms with Gasteiger partial charge in [-0.15, -0.1) is 0 Å². The summed E-state index contributed by atoms with van der Waals surface area (Å²) in [5, 5.41) is 3.78. The van der Waals surface area contributed by atoms with Crippen molar-refractivity contribution in [3.05, 3.63) is 42.0 Å². The van der Waals surface area contributed by atoms with Crippen molar-refractivity contribution >= 4 is 11.5 Å². The maximum atomic E-state index is 5.29. The summed E-state index contributed by atoms with van der Waals surface area (Å²) in [4.78, 5) is 4.88. The van der Waals surface area contributed by atoms with Gasteiger partial charge in [0, 0.05) is 17.3 Å². The van der Waals surface area contributed by atoms with Gasteiger partial charge in [0.2, 0.25) is 0 Å². The van der Waals surface area contributed by atoms with Crippen molar-refractivity contribution in [2.75, 3.05) is 5.32 Å². The van der Waals surface area contributed by atoms with E-state index in [-0.39, 0.29) is 0 Å². The van der Waals surface area contributed by atoms with Crippen LogP contribution in [0.4, 0.5) is 5.82 Å². The van der Waals surface area contributed by atoms with Gasteiger partial charge in [-0.25, -0.2) is 4.98 Å². The summed E-state index contributed by atoms with van der Waals surface area (Å²) in [6, 6.07) is 6.87. The lowest BCUT2D eigenvalue weighted by Crippen LogP contribution is -2.23. The smallest absolute Gasteiger partial charge is 0.139 e. The van der Waals surface area contributed by atoms with Gasteiger partial charge in [0.05, 0.1) is 12.5 Å². The van der Waals surface area contributed by atoms with Gasteiger partial charge < -0.3 is 9.73 Å². The van der Waals surface area contributed by atoms with Crippen LogP contribution < -0.4 is 5.32 Å². The van der Waals surface area contributed by atoms with E-state index in [9.17, 15) is 0 Å². The molecule has 4 rings (SSSR count). The van der Waals surface area contributed by atoms with Crippen molar-refractivity contribution in [2.45, 2.75) is 52.0 Å². The van der Waals surface area contributed by atoms with Crippen molar-refractivity contribution < 1.29 is 4.42 Å². The van der Waals surface area contributed by atoms with Gasteiger partial charge in [0.15, 0.2) is 0 Å². The molecule has 0 radical (unpaired) electrons. The van der Waals surface area contributed by atoms with Gasteiger partial charge in [-0.2, -0.15) is 0 Å². The van der Waals surface area contributed by atoms with Crippen LogP contribution in [-0.4, -0.2) is 15.4 Å². The fourth-order valence-electron chi connectivity index (χ4n) is 3.70. The summed E-state index contributed by atoms with van der Waals surface area (Å²) in [7, 11) is 0. The van der Waals surface area contributed by atoms with Gasteiger partial charge in [-0.05, 0) is 50.5 Å². The Morgan fingerprint density at radius 2 is 2.00 bits per heavy atom. The zero-order valence-electron chi connectivity index (χ0n) is 13.8. The third-order valence-electron chi connectivity index (χ3n) is 4.79. The largest absolute Gasteiger partial charge is 0.472 e. The molecule has 0 aliphatic heterocycles. The molecule has 1 aliphatic rings. The normalized spacial score (nSPS) is 16.1. The van der Waals surface area contributed by atoms with Crippen molar-refractivity contribution in [1.82, 2.24) is 9.38 Å². The van der Waals surface area contributed by atoms with Gasteiger partial charge in [-0.1, -0.05) is 19.3 Å². The topological polar surface area (TPSA) is 42.5 Å². The molecule has 23 heavy (non-hydrogen) atoms. The number of furan rings is 1. The Morgan fingerprint density at radius 3 is 2.74 bits per heavy atom. The van der Waals surface area contributed by atoms with E-state index in [0.717, 1.165) is 22.7 Å². The van der Waals surface area contributed by atoms with Gasteiger partial charge in [-0.3, -0.25) is 4.40 Å². The molecule has 1 aliphatic carbocycles.